The zero-order chi connectivity index (χ0) is 19.4. The number of nitrogens with zero attached hydrogens (tertiary/aromatic N) is 2. The molecule has 1 aromatic carbocycles. The average molecular weight is 366 g/mol. The predicted octanol–water partition coefficient (Wildman–Crippen LogP) is 3.87. The number of fused-ring (bicyclic) bond motifs is 1. The van der Waals surface area contributed by atoms with Crippen molar-refractivity contribution < 1.29 is 19.4 Å². The maximum absolute atomic E-state index is 12.9. The Morgan fingerprint density at radius 3 is 2.59 bits per heavy atom. The van der Waals surface area contributed by atoms with Crippen LogP contribution < -0.4 is 4.74 Å². The number of Topliss-reactive ketones (excluding diaryl/α,β-unsaturated/α-hetero) is 1. The molecule has 0 amide bonds. The van der Waals surface area contributed by atoms with Gasteiger partial charge in [-0.3, -0.25) is 14.0 Å². The lowest BCUT2D eigenvalue weighted by atomic mass is 9.93. The highest BCUT2D eigenvalue weighted by molar-refractivity contribution is 5.97. The second kappa shape index (κ2) is 8.03. The third-order valence-electron chi connectivity index (χ3n) is 4.51. The molecule has 1 atom stereocenters. The maximum Gasteiger partial charge on any atom is 0.310 e. The number of carbonyl (C=O) groups excluding carboxylic acids is 1. The highest BCUT2D eigenvalue weighted by Crippen LogP contribution is 2.26. The van der Waals surface area contributed by atoms with E-state index in [0.29, 0.717) is 35.0 Å². The van der Waals surface area contributed by atoms with Crippen molar-refractivity contribution in [2.75, 3.05) is 6.61 Å². The van der Waals surface area contributed by atoms with Crippen molar-refractivity contribution in [1.29, 1.82) is 0 Å². The molecule has 0 spiro atoms. The molecule has 1 N–H and O–H groups in total. The van der Waals surface area contributed by atoms with Crippen LogP contribution in [0, 0.1) is 6.92 Å². The number of aromatic nitrogens is 2. The monoisotopic (exact) mass is 366 g/mol. The Balaban J connectivity index is 1.85. The number of hydrogen-bond acceptors (Lipinski definition) is 4. The average Bonchev–Trinajstić information content (AvgIpc) is 2.99. The Morgan fingerprint density at radius 2 is 1.93 bits per heavy atom. The van der Waals surface area contributed by atoms with Gasteiger partial charge in [-0.05, 0) is 38.0 Å². The fraction of sp³-hybridized carbons (Fsp3) is 0.286. The lowest BCUT2D eigenvalue weighted by molar-refractivity contribution is -0.138. The van der Waals surface area contributed by atoms with E-state index in [0.717, 1.165) is 0 Å². The molecule has 0 saturated heterocycles. The molecule has 6 nitrogen and oxygen atoms in total. The van der Waals surface area contributed by atoms with Crippen LogP contribution in [0.2, 0.25) is 0 Å². The number of carboxylic acids is 1. The maximum atomic E-state index is 12.9. The Kier molecular flexibility index (Phi) is 5.54. The summed E-state index contributed by atoms with van der Waals surface area (Å²) in [5.74, 6) is -1.15. The molecule has 0 aliphatic carbocycles. The van der Waals surface area contributed by atoms with Gasteiger partial charge in [0.2, 0.25) is 0 Å². The van der Waals surface area contributed by atoms with Crippen LogP contribution in [0.25, 0.3) is 5.65 Å². The Hall–Kier alpha value is -3.15. The van der Waals surface area contributed by atoms with Gasteiger partial charge in [-0.2, -0.15) is 0 Å². The minimum atomic E-state index is -0.928. The number of pyridine rings is 1. The highest BCUT2D eigenvalue weighted by atomic mass is 16.5. The van der Waals surface area contributed by atoms with Crippen LogP contribution in [0.4, 0.5) is 0 Å². The molecule has 0 fully saturated rings. The molecule has 1 unspecified atom stereocenters. The molecule has 3 rings (SSSR count). The summed E-state index contributed by atoms with van der Waals surface area (Å²) in [7, 11) is 0. The minimum absolute atomic E-state index is 0.124. The Bertz CT molecular complexity index is 963. The number of ketones is 1. The molecule has 2 aromatic heterocycles. The molecule has 0 radical (unpaired) electrons. The summed E-state index contributed by atoms with van der Waals surface area (Å²) in [5, 5.41) is 9.55. The third-order valence-corrected chi connectivity index (χ3v) is 4.51. The van der Waals surface area contributed by atoms with E-state index in [1.54, 1.807) is 47.9 Å². The fourth-order valence-electron chi connectivity index (χ4n) is 3.27. The molecule has 2 heterocycles. The van der Waals surface area contributed by atoms with Gasteiger partial charge < -0.3 is 9.84 Å². The summed E-state index contributed by atoms with van der Waals surface area (Å²) in [6.45, 7) is 4.18. The van der Waals surface area contributed by atoms with Gasteiger partial charge in [0.25, 0.3) is 0 Å². The van der Waals surface area contributed by atoms with Crippen molar-refractivity contribution in [3.05, 3.63) is 65.6 Å². The molecule has 140 valence electrons. The quantitative estimate of drug-likeness (QED) is 0.612. The number of hydrogen-bond donors (Lipinski definition) is 1. The molecule has 3 aromatic rings. The second-order valence-corrected chi connectivity index (χ2v) is 6.31. The Morgan fingerprint density at radius 1 is 1.19 bits per heavy atom. The second-order valence-electron chi connectivity index (χ2n) is 6.31. The highest BCUT2D eigenvalue weighted by Gasteiger charge is 2.24. The first-order valence-electron chi connectivity index (χ1n) is 8.94. The van der Waals surface area contributed by atoms with Crippen molar-refractivity contribution in [2.45, 2.75) is 32.6 Å². The number of benzene rings is 1. The van der Waals surface area contributed by atoms with Gasteiger partial charge in [0.1, 0.15) is 5.69 Å². The molecule has 0 bridgehead atoms. The van der Waals surface area contributed by atoms with Gasteiger partial charge in [0.15, 0.2) is 17.2 Å². The number of carbonyl (C=O) groups is 2. The fourth-order valence-corrected chi connectivity index (χ4v) is 3.27. The molecule has 0 aliphatic rings. The molecular formula is C21H22N2O4. The third kappa shape index (κ3) is 3.84. The number of aryl methyl sites for hydroxylation is 1. The van der Waals surface area contributed by atoms with Gasteiger partial charge in [0.05, 0.1) is 18.2 Å². The standard InChI is InChI=1S/C21H22N2O4/c1-3-27-18-10-7-13-23-19(14(2)22-20(18)23)17(24)12-11-16(21(25)26)15-8-5-4-6-9-15/h4-10,13,16H,3,11-12H2,1-2H3,(H,25,26). The summed E-state index contributed by atoms with van der Waals surface area (Å²) >= 11 is 0. The van der Waals surface area contributed by atoms with Crippen LogP contribution in [-0.2, 0) is 4.79 Å². The van der Waals surface area contributed by atoms with Crippen molar-refractivity contribution >= 4 is 17.4 Å². The summed E-state index contributed by atoms with van der Waals surface area (Å²) in [5.41, 5.74) is 2.38. The van der Waals surface area contributed by atoms with Crippen molar-refractivity contribution in [1.82, 2.24) is 9.38 Å². The number of imidazole rings is 1. The van der Waals surface area contributed by atoms with Crippen LogP contribution in [-0.4, -0.2) is 32.9 Å². The summed E-state index contributed by atoms with van der Waals surface area (Å²) in [6, 6.07) is 12.6. The van der Waals surface area contributed by atoms with Crippen molar-refractivity contribution in [2.24, 2.45) is 0 Å². The van der Waals surface area contributed by atoms with Crippen molar-refractivity contribution in [3.63, 3.8) is 0 Å². The summed E-state index contributed by atoms with van der Waals surface area (Å²) < 4.78 is 7.31. The first kappa shape index (κ1) is 18.6. The molecule has 0 aliphatic heterocycles. The van der Waals surface area contributed by atoms with Crippen LogP contribution in [0.1, 0.15) is 47.4 Å². The van der Waals surface area contributed by atoms with E-state index in [9.17, 15) is 14.7 Å². The van der Waals surface area contributed by atoms with Gasteiger partial charge in [-0.1, -0.05) is 30.3 Å². The van der Waals surface area contributed by atoms with E-state index in [4.69, 9.17) is 4.74 Å². The van der Waals surface area contributed by atoms with Crippen LogP contribution in [0.3, 0.4) is 0 Å². The van der Waals surface area contributed by atoms with E-state index in [2.05, 4.69) is 4.98 Å². The first-order valence-corrected chi connectivity index (χ1v) is 8.94. The minimum Gasteiger partial charge on any atom is -0.490 e. The number of ether oxygens (including phenoxy) is 1. The van der Waals surface area contributed by atoms with Crippen LogP contribution in [0.15, 0.2) is 48.7 Å². The number of carboxylic acid groups (broad SMARTS) is 1. The van der Waals surface area contributed by atoms with Gasteiger partial charge in [-0.15, -0.1) is 0 Å². The van der Waals surface area contributed by atoms with E-state index in [1.807, 2.05) is 19.1 Å². The number of aliphatic carboxylic acids is 1. The molecule has 6 heteroatoms. The van der Waals surface area contributed by atoms with Crippen molar-refractivity contribution in [3.8, 4) is 5.75 Å². The van der Waals surface area contributed by atoms with Crippen LogP contribution in [0.5, 0.6) is 5.75 Å². The number of rotatable bonds is 8. The van der Waals surface area contributed by atoms with E-state index in [1.165, 1.54) is 0 Å². The molecule has 0 saturated carbocycles. The summed E-state index contributed by atoms with van der Waals surface area (Å²) in [4.78, 5) is 29.0. The normalized spacial score (nSPS) is 12.1. The lowest BCUT2D eigenvalue weighted by Gasteiger charge is -2.12. The topological polar surface area (TPSA) is 80.9 Å². The zero-order valence-corrected chi connectivity index (χ0v) is 15.4. The summed E-state index contributed by atoms with van der Waals surface area (Å²) in [6.07, 6.45) is 2.13. The molecular weight excluding hydrogens is 344 g/mol. The van der Waals surface area contributed by atoms with E-state index < -0.39 is 11.9 Å². The Labute approximate surface area is 157 Å². The van der Waals surface area contributed by atoms with E-state index in [-0.39, 0.29) is 18.6 Å². The SMILES string of the molecule is CCOc1cccn2c(C(=O)CCC(C(=O)O)c3ccccc3)c(C)nc12. The first-order chi connectivity index (χ1) is 13.0. The zero-order valence-electron chi connectivity index (χ0n) is 15.4. The van der Waals surface area contributed by atoms with Gasteiger partial charge in [0, 0.05) is 12.6 Å². The largest absolute Gasteiger partial charge is 0.490 e. The van der Waals surface area contributed by atoms with E-state index >= 15 is 0 Å². The van der Waals surface area contributed by atoms with Gasteiger partial charge >= 0.3 is 5.97 Å². The lowest BCUT2D eigenvalue weighted by Crippen LogP contribution is -2.14. The van der Waals surface area contributed by atoms with Crippen LogP contribution >= 0.6 is 0 Å². The predicted molar refractivity (Wildman–Crippen MR) is 101 cm³/mol. The van der Waals surface area contributed by atoms with Gasteiger partial charge in [-0.25, -0.2) is 4.98 Å². The molecule has 27 heavy (non-hydrogen) atoms. The smallest absolute Gasteiger partial charge is 0.310 e.